The molecular formula is C27H22O5. The van der Waals surface area contributed by atoms with Gasteiger partial charge < -0.3 is 9.47 Å². The molecule has 4 rings (SSSR count). The van der Waals surface area contributed by atoms with Gasteiger partial charge in [0.2, 0.25) is 5.78 Å². The normalized spacial score (nSPS) is 16.6. The maximum Gasteiger partial charge on any atom is 0.204 e. The summed E-state index contributed by atoms with van der Waals surface area (Å²) in [6.07, 6.45) is -0.848. The zero-order valence-electron chi connectivity index (χ0n) is 17.8. The van der Waals surface area contributed by atoms with Gasteiger partial charge in [0.1, 0.15) is 17.3 Å². The average molecular weight is 426 g/mol. The number of rotatable bonds is 7. The van der Waals surface area contributed by atoms with E-state index in [4.69, 9.17) is 9.47 Å². The zero-order chi connectivity index (χ0) is 22.8. The van der Waals surface area contributed by atoms with E-state index in [2.05, 4.69) is 6.58 Å². The molecule has 32 heavy (non-hydrogen) atoms. The molecule has 1 aliphatic heterocycles. The van der Waals surface area contributed by atoms with Crippen molar-refractivity contribution in [3.63, 3.8) is 0 Å². The van der Waals surface area contributed by atoms with Crippen LogP contribution in [0.25, 0.3) is 0 Å². The molecule has 5 heteroatoms. The van der Waals surface area contributed by atoms with Crippen molar-refractivity contribution in [2.75, 3.05) is 0 Å². The lowest BCUT2D eigenvalue weighted by Gasteiger charge is -2.21. The largest absolute Gasteiger partial charge is 0.481 e. The number of ketones is 3. The molecule has 5 nitrogen and oxygen atoms in total. The van der Waals surface area contributed by atoms with E-state index in [1.165, 1.54) is 13.8 Å². The molecule has 160 valence electrons. The summed E-state index contributed by atoms with van der Waals surface area (Å²) in [5, 5.41) is 0. The summed E-state index contributed by atoms with van der Waals surface area (Å²) in [7, 11) is 0. The van der Waals surface area contributed by atoms with Crippen molar-refractivity contribution in [3.05, 3.63) is 107 Å². The number of fused-ring (bicyclic) bond motifs is 1. The highest BCUT2D eigenvalue weighted by Gasteiger charge is 2.42. The monoisotopic (exact) mass is 426 g/mol. The van der Waals surface area contributed by atoms with Gasteiger partial charge in [0.25, 0.3) is 0 Å². The first-order valence-corrected chi connectivity index (χ1v) is 10.2. The van der Waals surface area contributed by atoms with Gasteiger partial charge in [0, 0.05) is 22.3 Å². The minimum Gasteiger partial charge on any atom is -0.481 e. The second kappa shape index (κ2) is 8.63. The number of carbonyl (C=O) groups excluding carboxylic acids is 3. The molecule has 0 spiro atoms. The summed E-state index contributed by atoms with van der Waals surface area (Å²) in [6.45, 7) is 7.07. The van der Waals surface area contributed by atoms with Gasteiger partial charge in [-0.2, -0.15) is 0 Å². The third kappa shape index (κ3) is 4.10. The Bertz CT molecular complexity index is 1210. The van der Waals surface area contributed by atoms with Crippen LogP contribution < -0.4 is 9.47 Å². The van der Waals surface area contributed by atoms with E-state index in [-0.39, 0.29) is 17.3 Å². The van der Waals surface area contributed by atoms with Gasteiger partial charge in [0.15, 0.2) is 17.7 Å². The van der Waals surface area contributed by atoms with Gasteiger partial charge in [-0.1, -0.05) is 49.0 Å². The number of carbonyl (C=O) groups is 3. The van der Waals surface area contributed by atoms with Gasteiger partial charge in [-0.15, -0.1) is 0 Å². The highest BCUT2D eigenvalue weighted by Crippen LogP contribution is 2.43. The van der Waals surface area contributed by atoms with E-state index < -0.39 is 12.0 Å². The molecular weight excluding hydrogens is 404 g/mol. The van der Waals surface area contributed by atoms with Crippen molar-refractivity contribution in [2.24, 2.45) is 0 Å². The Morgan fingerprint density at radius 2 is 1.31 bits per heavy atom. The van der Waals surface area contributed by atoms with Crippen molar-refractivity contribution in [3.8, 4) is 11.5 Å². The predicted molar refractivity (Wildman–Crippen MR) is 121 cm³/mol. The number of benzene rings is 3. The topological polar surface area (TPSA) is 69.7 Å². The number of para-hydroxylation sites is 1. The predicted octanol–water partition coefficient (Wildman–Crippen LogP) is 5.41. The van der Waals surface area contributed by atoms with Crippen LogP contribution in [0.1, 0.15) is 56.4 Å². The third-order valence-electron chi connectivity index (χ3n) is 5.50. The van der Waals surface area contributed by atoms with Crippen LogP contribution in [-0.4, -0.2) is 23.5 Å². The smallest absolute Gasteiger partial charge is 0.204 e. The number of ether oxygens (including phenoxy) is 2. The van der Waals surface area contributed by atoms with Crippen LogP contribution in [0.15, 0.2) is 85.1 Å². The Kier molecular flexibility index (Phi) is 5.73. The molecule has 0 fully saturated rings. The molecule has 0 amide bonds. The molecule has 3 aromatic rings. The Labute approximate surface area is 186 Å². The van der Waals surface area contributed by atoms with Gasteiger partial charge in [0.05, 0.1) is 5.92 Å². The van der Waals surface area contributed by atoms with E-state index in [9.17, 15) is 14.4 Å². The van der Waals surface area contributed by atoms with Crippen molar-refractivity contribution < 1.29 is 23.9 Å². The van der Waals surface area contributed by atoms with Crippen LogP contribution >= 0.6 is 0 Å². The van der Waals surface area contributed by atoms with Crippen molar-refractivity contribution in [1.29, 1.82) is 0 Å². The molecule has 0 N–H and O–H groups in total. The third-order valence-corrected chi connectivity index (χ3v) is 5.50. The minimum atomic E-state index is -0.848. The molecule has 0 saturated heterocycles. The Morgan fingerprint density at radius 1 is 0.781 bits per heavy atom. The van der Waals surface area contributed by atoms with E-state index in [1.807, 2.05) is 24.3 Å². The second-order valence-corrected chi connectivity index (χ2v) is 7.70. The van der Waals surface area contributed by atoms with Crippen LogP contribution in [0.2, 0.25) is 0 Å². The second-order valence-electron chi connectivity index (χ2n) is 7.70. The molecule has 1 heterocycles. The minimum absolute atomic E-state index is 0.0325. The lowest BCUT2D eigenvalue weighted by molar-refractivity contribution is 0.0789. The fraction of sp³-hybridized carbons (Fsp3) is 0.148. The quantitative estimate of drug-likeness (QED) is 0.373. The molecule has 2 unspecified atom stereocenters. The SMILES string of the molecule is C=C(Oc1ccc(C(C)=O)cc1)C1c2ccccc2OC1C(=O)c1ccc(C(C)=O)cc1. The zero-order valence-corrected chi connectivity index (χ0v) is 17.8. The Balaban J connectivity index is 1.62. The molecule has 0 bridgehead atoms. The highest BCUT2D eigenvalue weighted by atomic mass is 16.5. The van der Waals surface area contributed by atoms with Crippen molar-refractivity contribution >= 4 is 17.3 Å². The summed E-state index contributed by atoms with van der Waals surface area (Å²) >= 11 is 0. The first kappa shape index (κ1) is 21.2. The van der Waals surface area contributed by atoms with E-state index in [1.54, 1.807) is 48.5 Å². The summed E-state index contributed by atoms with van der Waals surface area (Å²) in [5.41, 5.74) is 2.38. The maximum atomic E-state index is 13.3. The van der Waals surface area contributed by atoms with Gasteiger partial charge in [-0.3, -0.25) is 14.4 Å². The lowest BCUT2D eigenvalue weighted by Crippen LogP contribution is -2.31. The van der Waals surface area contributed by atoms with Crippen molar-refractivity contribution in [1.82, 2.24) is 0 Å². The Hall–Kier alpha value is -3.99. The fourth-order valence-electron chi connectivity index (χ4n) is 3.77. The Morgan fingerprint density at radius 3 is 1.91 bits per heavy atom. The number of hydrogen-bond donors (Lipinski definition) is 0. The average Bonchev–Trinajstić information content (AvgIpc) is 3.18. The number of hydrogen-bond acceptors (Lipinski definition) is 5. The van der Waals surface area contributed by atoms with E-state index in [0.29, 0.717) is 33.9 Å². The molecule has 0 saturated carbocycles. The first-order chi connectivity index (χ1) is 15.3. The summed E-state index contributed by atoms with van der Waals surface area (Å²) in [5.74, 6) is 0.647. The van der Waals surface area contributed by atoms with E-state index >= 15 is 0 Å². The maximum absolute atomic E-state index is 13.3. The molecule has 0 aromatic heterocycles. The molecule has 0 radical (unpaired) electrons. The molecule has 2 atom stereocenters. The van der Waals surface area contributed by atoms with Crippen LogP contribution in [0, 0.1) is 0 Å². The van der Waals surface area contributed by atoms with Gasteiger partial charge >= 0.3 is 0 Å². The van der Waals surface area contributed by atoms with Crippen LogP contribution in [0.5, 0.6) is 11.5 Å². The fourth-order valence-corrected chi connectivity index (χ4v) is 3.77. The highest BCUT2D eigenvalue weighted by molar-refractivity contribution is 6.02. The van der Waals surface area contributed by atoms with Crippen LogP contribution in [-0.2, 0) is 0 Å². The van der Waals surface area contributed by atoms with E-state index in [0.717, 1.165) is 5.56 Å². The summed E-state index contributed by atoms with van der Waals surface area (Å²) in [6, 6.07) is 20.7. The summed E-state index contributed by atoms with van der Waals surface area (Å²) < 4.78 is 12.0. The van der Waals surface area contributed by atoms with Crippen LogP contribution in [0.3, 0.4) is 0 Å². The van der Waals surface area contributed by atoms with Crippen molar-refractivity contribution in [2.45, 2.75) is 25.9 Å². The molecule has 3 aromatic carbocycles. The lowest BCUT2D eigenvalue weighted by atomic mass is 9.89. The first-order valence-electron chi connectivity index (χ1n) is 10.2. The standard InChI is InChI=1S/C27H22O5/c1-16(28)19-8-10-21(11-9-19)26(30)27-25(23-6-4-5-7-24(23)32-27)18(3)31-22-14-12-20(13-15-22)17(2)29/h4-15,25,27H,3H2,1-2H3. The summed E-state index contributed by atoms with van der Waals surface area (Å²) in [4.78, 5) is 36.4. The van der Waals surface area contributed by atoms with Gasteiger partial charge in [-0.05, 0) is 44.2 Å². The number of Topliss-reactive ketones (excluding diaryl/α,β-unsaturated/α-hetero) is 3. The molecule has 1 aliphatic rings. The van der Waals surface area contributed by atoms with Gasteiger partial charge in [-0.25, -0.2) is 0 Å². The molecule has 0 aliphatic carbocycles. The van der Waals surface area contributed by atoms with Crippen LogP contribution in [0.4, 0.5) is 0 Å².